The Hall–Kier alpha value is -1.07. The van der Waals surface area contributed by atoms with E-state index >= 15 is 0 Å². The van der Waals surface area contributed by atoms with Crippen molar-refractivity contribution in [1.29, 1.82) is 0 Å². The van der Waals surface area contributed by atoms with Crippen molar-refractivity contribution in [2.45, 2.75) is 6.92 Å². The highest BCUT2D eigenvalue weighted by atomic mass is 32.2. The monoisotopic (exact) mass is 214 g/mol. The van der Waals surface area contributed by atoms with E-state index in [9.17, 15) is 8.42 Å². The lowest BCUT2D eigenvalue weighted by Gasteiger charge is -2.05. The molecule has 4 nitrogen and oxygen atoms in total. The third-order valence-corrected chi connectivity index (χ3v) is 2.51. The molecule has 3 N–H and O–H groups in total. The molecule has 0 saturated heterocycles. The molecule has 0 aliphatic heterocycles. The first-order valence-electron chi connectivity index (χ1n) is 4.28. The summed E-state index contributed by atoms with van der Waals surface area (Å²) in [6.45, 7) is 2.31. The fourth-order valence-corrected chi connectivity index (χ4v) is 1.48. The second kappa shape index (κ2) is 4.43. The second-order valence-electron chi connectivity index (χ2n) is 3.16. The van der Waals surface area contributed by atoms with Crippen molar-refractivity contribution in [1.82, 2.24) is 0 Å². The highest BCUT2D eigenvalue weighted by Gasteiger charge is 2.01. The van der Waals surface area contributed by atoms with Crippen molar-refractivity contribution < 1.29 is 8.42 Å². The van der Waals surface area contributed by atoms with Gasteiger partial charge in [0.05, 0.1) is 5.75 Å². The number of nitrogens with two attached hydrogens (primary N) is 1. The molecule has 1 rings (SSSR count). The largest absolute Gasteiger partial charge is 0.384 e. The zero-order valence-corrected chi connectivity index (χ0v) is 8.84. The number of benzene rings is 1. The van der Waals surface area contributed by atoms with Crippen LogP contribution in [0, 0.1) is 6.92 Å². The molecular weight excluding hydrogens is 200 g/mol. The Kier molecular flexibility index (Phi) is 3.49. The van der Waals surface area contributed by atoms with Gasteiger partial charge in [0.25, 0.3) is 0 Å². The maximum Gasteiger partial charge on any atom is 0.210 e. The van der Waals surface area contributed by atoms with Gasteiger partial charge in [-0.2, -0.15) is 0 Å². The second-order valence-corrected chi connectivity index (χ2v) is 4.90. The Morgan fingerprint density at radius 2 is 2.14 bits per heavy atom. The lowest BCUT2D eigenvalue weighted by Crippen LogP contribution is -2.22. The van der Waals surface area contributed by atoms with Crippen molar-refractivity contribution in [2.75, 3.05) is 17.6 Å². The van der Waals surface area contributed by atoms with Crippen LogP contribution in [0.1, 0.15) is 5.56 Å². The van der Waals surface area contributed by atoms with Crippen LogP contribution in [0.2, 0.25) is 0 Å². The minimum absolute atomic E-state index is 0.0546. The molecule has 0 heterocycles. The number of sulfonamides is 1. The summed E-state index contributed by atoms with van der Waals surface area (Å²) in [5.41, 5.74) is 2.04. The summed E-state index contributed by atoms with van der Waals surface area (Å²) >= 11 is 0. The topological polar surface area (TPSA) is 72.2 Å². The first-order chi connectivity index (χ1) is 6.47. The van der Waals surface area contributed by atoms with Crippen molar-refractivity contribution in [2.24, 2.45) is 5.14 Å². The maximum atomic E-state index is 10.6. The third kappa shape index (κ3) is 4.25. The zero-order valence-electron chi connectivity index (χ0n) is 8.03. The summed E-state index contributed by atoms with van der Waals surface area (Å²) in [6.07, 6.45) is 0. The van der Waals surface area contributed by atoms with E-state index in [-0.39, 0.29) is 5.75 Å². The van der Waals surface area contributed by atoms with Crippen LogP contribution in [-0.2, 0) is 10.0 Å². The first-order valence-corrected chi connectivity index (χ1v) is 6.00. The molecule has 0 radical (unpaired) electrons. The van der Waals surface area contributed by atoms with Crippen LogP contribution in [0.15, 0.2) is 24.3 Å². The summed E-state index contributed by atoms with van der Waals surface area (Å²) in [6, 6.07) is 7.72. The number of hydrogen-bond donors (Lipinski definition) is 2. The molecule has 0 atom stereocenters. The van der Waals surface area contributed by atoms with Crippen LogP contribution >= 0.6 is 0 Å². The van der Waals surface area contributed by atoms with E-state index in [0.29, 0.717) is 6.54 Å². The fourth-order valence-electron chi connectivity index (χ4n) is 1.09. The number of hydrogen-bond acceptors (Lipinski definition) is 3. The van der Waals surface area contributed by atoms with E-state index in [1.165, 1.54) is 0 Å². The number of anilines is 1. The summed E-state index contributed by atoms with van der Waals surface area (Å²) in [7, 11) is -3.37. The standard InChI is InChI=1S/C9H14N2O2S/c1-8-3-2-4-9(7-8)11-5-6-14(10,12)13/h2-4,7,11H,5-6H2,1H3,(H2,10,12,13). The summed E-state index contributed by atoms with van der Waals surface area (Å²) < 4.78 is 21.3. The van der Waals surface area contributed by atoms with E-state index in [0.717, 1.165) is 11.3 Å². The highest BCUT2D eigenvalue weighted by Crippen LogP contribution is 2.08. The Morgan fingerprint density at radius 1 is 1.43 bits per heavy atom. The molecule has 5 heteroatoms. The van der Waals surface area contributed by atoms with Crippen LogP contribution in [-0.4, -0.2) is 20.7 Å². The van der Waals surface area contributed by atoms with Gasteiger partial charge in [0.15, 0.2) is 0 Å². The predicted octanol–water partition coefficient (Wildman–Crippen LogP) is 0.695. The van der Waals surface area contributed by atoms with Gasteiger partial charge in [-0.3, -0.25) is 0 Å². The Morgan fingerprint density at radius 3 is 2.71 bits per heavy atom. The molecule has 0 aromatic heterocycles. The van der Waals surface area contributed by atoms with Crippen LogP contribution < -0.4 is 10.5 Å². The van der Waals surface area contributed by atoms with Gasteiger partial charge in [-0.25, -0.2) is 13.6 Å². The molecule has 1 aromatic carbocycles. The molecule has 78 valence electrons. The van der Waals surface area contributed by atoms with Gasteiger partial charge in [-0.15, -0.1) is 0 Å². The zero-order chi connectivity index (χ0) is 10.6. The van der Waals surface area contributed by atoms with Crippen molar-refractivity contribution >= 4 is 15.7 Å². The van der Waals surface area contributed by atoms with E-state index in [1.807, 2.05) is 31.2 Å². The fraction of sp³-hybridized carbons (Fsp3) is 0.333. The first kappa shape index (κ1) is 11.0. The smallest absolute Gasteiger partial charge is 0.210 e. The van der Waals surface area contributed by atoms with Crippen molar-refractivity contribution in [3.05, 3.63) is 29.8 Å². The minimum atomic E-state index is -3.37. The van der Waals surface area contributed by atoms with Gasteiger partial charge in [0, 0.05) is 12.2 Å². The lowest BCUT2D eigenvalue weighted by atomic mass is 10.2. The molecule has 0 spiro atoms. The lowest BCUT2D eigenvalue weighted by molar-refractivity contribution is 0.598. The van der Waals surface area contributed by atoms with E-state index < -0.39 is 10.0 Å². The average Bonchev–Trinajstić information content (AvgIpc) is 2.01. The van der Waals surface area contributed by atoms with Crippen LogP contribution in [0.5, 0.6) is 0 Å². The summed E-state index contributed by atoms with van der Waals surface area (Å²) in [4.78, 5) is 0. The Bertz CT molecular complexity index is 401. The normalized spacial score (nSPS) is 11.3. The van der Waals surface area contributed by atoms with Gasteiger partial charge >= 0.3 is 0 Å². The molecular formula is C9H14N2O2S. The minimum Gasteiger partial charge on any atom is -0.384 e. The molecule has 14 heavy (non-hydrogen) atoms. The van der Waals surface area contributed by atoms with Gasteiger partial charge < -0.3 is 5.32 Å². The molecule has 0 amide bonds. The SMILES string of the molecule is Cc1cccc(NCCS(N)(=O)=O)c1. The van der Waals surface area contributed by atoms with E-state index in [2.05, 4.69) is 5.32 Å². The van der Waals surface area contributed by atoms with Gasteiger partial charge in [0.2, 0.25) is 10.0 Å². The molecule has 0 fully saturated rings. The Balaban J connectivity index is 2.47. The van der Waals surface area contributed by atoms with Gasteiger partial charge in [-0.1, -0.05) is 12.1 Å². The molecule has 0 aliphatic rings. The van der Waals surface area contributed by atoms with Crippen molar-refractivity contribution in [3.63, 3.8) is 0 Å². The average molecular weight is 214 g/mol. The molecule has 1 aromatic rings. The number of primary sulfonamides is 1. The quantitative estimate of drug-likeness (QED) is 0.774. The van der Waals surface area contributed by atoms with E-state index in [4.69, 9.17) is 5.14 Å². The third-order valence-electron chi connectivity index (χ3n) is 1.73. The number of nitrogens with one attached hydrogen (secondary N) is 1. The predicted molar refractivity (Wildman–Crippen MR) is 57.6 cm³/mol. The molecule has 0 bridgehead atoms. The van der Waals surface area contributed by atoms with E-state index in [1.54, 1.807) is 0 Å². The van der Waals surface area contributed by atoms with Crippen LogP contribution in [0.4, 0.5) is 5.69 Å². The van der Waals surface area contributed by atoms with Crippen LogP contribution in [0.25, 0.3) is 0 Å². The molecule has 0 aliphatic carbocycles. The summed E-state index contributed by atoms with van der Waals surface area (Å²) in [5, 5.41) is 7.84. The van der Waals surface area contributed by atoms with Crippen molar-refractivity contribution in [3.8, 4) is 0 Å². The van der Waals surface area contributed by atoms with Crippen LogP contribution in [0.3, 0.4) is 0 Å². The highest BCUT2D eigenvalue weighted by molar-refractivity contribution is 7.89. The number of aryl methyl sites for hydroxylation is 1. The van der Waals surface area contributed by atoms with Gasteiger partial charge in [-0.05, 0) is 24.6 Å². The molecule has 0 saturated carbocycles. The Labute approximate surface area is 84.2 Å². The maximum absolute atomic E-state index is 10.6. The number of rotatable bonds is 4. The summed E-state index contributed by atoms with van der Waals surface area (Å²) in [5.74, 6) is -0.0546. The molecule has 0 unspecified atom stereocenters. The van der Waals surface area contributed by atoms with Gasteiger partial charge in [0.1, 0.15) is 0 Å².